The minimum absolute atomic E-state index is 0.000222. The molecule has 1 fully saturated rings. The van der Waals surface area contributed by atoms with Gasteiger partial charge in [-0.15, -0.1) is 11.3 Å². The molecular formula is C25H22N4O4S. The highest BCUT2D eigenvalue weighted by atomic mass is 32.1. The van der Waals surface area contributed by atoms with Crippen molar-refractivity contribution in [3.8, 4) is 28.4 Å². The average Bonchev–Trinajstić information content (AvgIpc) is 3.55. The summed E-state index contributed by atoms with van der Waals surface area (Å²) in [6.45, 7) is 2.81. The number of ether oxygens (including phenoxy) is 3. The lowest BCUT2D eigenvalue weighted by molar-refractivity contribution is 0.0746. The third-order valence-corrected chi connectivity index (χ3v) is 7.12. The summed E-state index contributed by atoms with van der Waals surface area (Å²) in [7, 11) is 1.66. The highest BCUT2D eigenvalue weighted by molar-refractivity contribution is 7.17. The Morgan fingerprint density at radius 1 is 1.00 bits per heavy atom. The second-order valence-corrected chi connectivity index (χ2v) is 8.96. The molecule has 0 atom stereocenters. The van der Waals surface area contributed by atoms with E-state index in [1.165, 1.54) is 0 Å². The SMILES string of the molecule is COc1ccc(-c2csc3ncnc(N4CCN(C(=O)c5ccc6c(c5)OCO6)CC4)c23)cc1. The number of hydrogen-bond acceptors (Lipinski definition) is 8. The molecule has 0 saturated carbocycles. The van der Waals surface area contributed by atoms with Crippen LogP contribution in [0.3, 0.4) is 0 Å². The number of anilines is 1. The number of amides is 1. The number of carbonyl (C=O) groups is 1. The number of carbonyl (C=O) groups excluding carboxylic acids is 1. The van der Waals surface area contributed by atoms with E-state index in [-0.39, 0.29) is 12.7 Å². The Labute approximate surface area is 200 Å². The maximum absolute atomic E-state index is 13.1. The summed E-state index contributed by atoms with van der Waals surface area (Å²) in [4.78, 5) is 27.3. The van der Waals surface area contributed by atoms with Gasteiger partial charge in [-0.25, -0.2) is 9.97 Å². The van der Waals surface area contributed by atoms with Gasteiger partial charge in [0.15, 0.2) is 11.5 Å². The summed E-state index contributed by atoms with van der Waals surface area (Å²) in [6, 6.07) is 13.4. The molecule has 1 amide bonds. The van der Waals surface area contributed by atoms with Crippen LogP contribution >= 0.6 is 11.3 Å². The van der Waals surface area contributed by atoms with Gasteiger partial charge in [-0.2, -0.15) is 0 Å². The van der Waals surface area contributed by atoms with Gasteiger partial charge in [-0.3, -0.25) is 4.79 Å². The molecule has 9 heteroatoms. The van der Waals surface area contributed by atoms with Gasteiger partial charge < -0.3 is 24.0 Å². The van der Waals surface area contributed by atoms with Gasteiger partial charge in [-0.1, -0.05) is 12.1 Å². The summed E-state index contributed by atoms with van der Waals surface area (Å²) in [5, 5.41) is 3.18. The number of hydrogen-bond donors (Lipinski definition) is 0. The van der Waals surface area contributed by atoms with E-state index in [1.807, 2.05) is 17.0 Å². The van der Waals surface area contributed by atoms with Crippen LogP contribution < -0.4 is 19.1 Å². The van der Waals surface area contributed by atoms with Crippen molar-refractivity contribution in [3.63, 3.8) is 0 Å². The zero-order chi connectivity index (χ0) is 23.1. The van der Waals surface area contributed by atoms with Crippen LogP contribution in [0.4, 0.5) is 5.82 Å². The second kappa shape index (κ2) is 8.49. The molecule has 0 N–H and O–H groups in total. The van der Waals surface area contributed by atoms with Crippen LogP contribution in [-0.2, 0) is 0 Å². The van der Waals surface area contributed by atoms with Crippen LogP contribution in [-0.4, -0.2) is 60.9 Å². The van der Waals surface area contributed by atoms with Gasteiger partial charge in [0.25, 0.3) is 5.91 Å². The normalized spacial score (nSPS) is 15.1. The molecule has 6 rings (SSSR count). The largest absolute Gasteiger partial charge is 0.497 e. The molecule has 34 heavy (non-hydrogen) atoms. The molecule has 4 heterocycles. The highest BCUT2D eigenvalue weighted by Crippen LogP contribution is 2.39. The minimum Gasteiger partial charge on any atom is -0.497 e. The summed E-state index contributed by atoms with van der Waals surface area (Å²) in [5.74, 6) is 3.03. The fourth-order valence-electron chi connectivity index (χ4n) is 4.42. The number of thiophene rings is 1. The van der Waals surface area contributed by atoms with Crippen LogP contribution in [0.5, 0.6) is 17.2 Å². The Bertz CT molecular complexity index is 1360. The van der Waals surface area contributed by atoms with Gasteiger partial charge >= 0.3 is 0 Å². The molecule has 4 aromatic rings. The Balaban J connectivity index is 1.23. The number of methoxy groups -OCH3 is 1. The third-order valence-electron chi connectivity index (χ3n) is 6.24. The van der Waals surface area contributed by atoms with Crippen molar-refractivity contribution in [1.82, 2.24) is 14.9 Å². The number of nitrogens with zero attached hydrogens (tertiary/aromatic N) is 4. The monoisotopic (exact) mass is 474 g/mol. The first kappa shape index (κ1) is 20.7. The Hall–Kier alpha value is -3.85. The van der Waals surface area contributed by atoms with Crippen molar-refractivity contribution in [2.24, 2.45) is 0 Å². The lowest BCUT2D eigenvalue weighted by atomic mass is 10.1. The van der Waals surface area contributed by atoms with E-state index in [9.17, 15) is 4.79 Å². The molecule has 1 saturated heterocycles. The van der Waals surface area contributed by atoms with Gasteiger partial charge in [0, 0.05) is 42.7 Å². The van der Waals surface area contributed by atoms with Crippen molar-refractivity contribution in [1.29, 1.82) is 0 Å². The van der Waals surface area contributed by atoms with E-state index in [2.05, 4.69) is 32.4 Å². The number of rotatable bonds is 4. The summed E-state index contributed by atoms with van der Waals surface area (Å²) in [5.41, 5.74) is 2.82. The lowest BCUT2D eigenvalue weighted by Gasteiger charge is -2.35. The van der Waals surface area contributed by atoms with Crippen molar-refractivity contribution in [2.75, 3.05) is 45.0 Å². The number of fused-ring (bicyclic) bond motifs is 2. The molecule has 2 aromatic carbocycles. The van der Waals surface area contributed by atoms with Crippen molar-refractivity contribution >= 4 is 33.3 Å². The van der Waals surface area contributed by atoms with E-state index in [0.29, 0.717) is 43.2 Å². The topological polar surface area (TPSA) is 77.0 Å². The summed E-state index contributed by atoms with van der Waals surface area (Å²) >= 11 is 1.61. The summed E-state index contributed by atoms with van der Waals surface area (Å²) < 4.78 is 16.1. The first-order chi connectivity index (χ1) is 16.7. The molecule has 0 aliphatic carbocycles. The van der Waals surface area contributed by atoms with Crippen LogP contribution in [0.25, 0.3) is 21.3 Å². The smallest absolute Gasteiger partial charge is 0.254 e. The molecule has 0 unspecified atom stereocenters. The van der Waals surface area contributed by atoms with E-state index >= 15 is 0 Å². The molecule has 0 bridgehead atoms. The minimum atomic E-state index is 0.000222. The van der Waals surface area contributed by atoms with Gasteiger partial charge in [0.05, 0.1) is 12.5 Å². The Kier molecular flexibility index (Phi) is 5.18. The number of aromatic nitrogens is 2. The molecule has 0 radical (unpaired) electrons. The Morgan fingerprint density at radius 3 is 2.59 bits per heavy atom. The zero-order valence-electron chi connectivity index (χ0n) is 18.6. The quantitative estimate of drug-likeness (QED) is 0.441. The molecule has 2 aliphatic rings. The molecule has 172 valence electrons. The molecule has 0 spiro atoms. The Morgan fingerprint density at radius 2 is 1.79 bits per heavy atom. The predicted octanol–water partition coefficient (Wildman–Crippen LogP) is 4.06. The van der Waals surface area contributed by atoms with Crippen LogP contribution in [0.15, 0.2) is 54.2 Å². The van der Waals surface area contributed by atoms with Crippen molar-refractivity contribution < 1.29 is 19.0 Å². The standard InChI is InChI=1S/C25H22N4O4S/c1-31-18-5-2-16(3-6-18)19-13-34-24-22(19)23(26-14-27-24)28-8-10-29(11-9-28)25(30)17-4-7-20-21(12-17)33-15-32-20/h2-7,12-14H,8-11,15H2,1H3. The van der Waals surface area contributed by atoms with Crippen LogP contribution in [0.2, 0.25) is 0 Å². The average molecular weight is 475 g/mol. The van der Waals surface area contributed by atoms with Crippen molar-refractivity contribution in [2.45, 2.75) is 0 Å². The van der Waals surface area contributed by atoms with E-state index in [1.54, 1.807) is 43.0 Å². The molecule has 8 nitrogen and oxygen atoms in total. The maximum Gasteiger partial charge on any atom is 0.254 e. The molecular weight excluding hydrogens is 452 g/mol. The fraction of sp³-hybridized carbons (Fsp3) is 0.240. The molecule has 2 aliphatic heterocycles. The van der Waals surface area contributed by atoms with E-state index in [0.717, 1.165) is 32.9 Å². The predicted molar refractivity (Wildman–Crippen MR) is 130 cm³/mol. The lowest BCUT2D eigenvalue weighted by Crippen LogP contribution is -2.49. The third kappa shape index (κ3) is 3.58. The first-order valence-corrected chi connectivity index (χ1v) is 11.9. The van der Waals surface area contributed by atoms with E-state index < -0.39 is 0 Å². The maximum atomic E-state index is 13.1. The van der Waals surface area contributed by atoms with Crippen LogP contribution in [0, 0.1) is 0 Å². The van der Waals surface area contributed by atoms with Gasteiger partial charge in [0.1, 0.15) is 22.7 Å². The van der Waals surface area contributed by atoms with Gasteiger partial charge in [0.2, 0.25) is 6.79 Å². The molecule has 2 aromatic heterocycles. The van der Waals surface area contributed by atoms with Crippen LogP contribution in [0.1, 0.15) is 10.4 Å². The first-order valence-electron chi connectivity index (χ1n) is 11.0. The highest BCUT2D eigenvalue weighted by Gasteiger charge is 2.26. The zero-order valence-corrected chi connectivity index (χ0v) is 19.4. The van der Waals surface area contributed by atoms with Crippen molar-refractivity contribution in [3.05, 3.63) is 59.7 Å². The number of benzene rings is 2. The second-order valence-electron chi connectivity index (χ2n) is 8.10. The number of piperazine rings is 1. The summed E-state index contributed by atoms with van der Waals surface area (Å²) in [6.07, 6.45) is 1.62. The van der Waals surface area contributed by atoms with E-state index in [4.69, 9.17) is 14.2 Å². The van der Waals surface area contributed by atoms with Gasteiger partial charge in [-0.05, 0) is 35.9 Å². The fourth-order valence-corrected chi connectivity index (χ4v) is 5.33.